The van der Waals surface area contributed by atoms with E-state index >= 15 is 0 Å². The fraction of sp³-hybridized carbons (Fsp3) is 0.133. The lowest BCUT2D eigenvalue weighted by atomic mass is 10.1. The highest BCUT2D eigenvalue weighted by Gasteiger charge is 2.08. The molecule has 2 N–H and O–H groups in total. The lowest BCUT2D eigenvalue weighted by Gasteiger charge is -2.14. The van der Waals surface area contributed by atoms with Gasteiger partial charge in [0.2, 0.25) is 0 Å². The van der Waals surface area contributed by atoms with Gasteiger partial charge in [0.05, 0.1) is 6.21 Å². The van der Waals surface area contributed by atoms with Gasteiger partial charge in [0.15, 0.2) is 16.6 Å². The molecule has 0 aromatic heterocycles. The highest BCUT2D eigenvalue weighted by molar-refractivity contribution is 7.80. The molecule has 0 unspecified atom stereocenters. The monoisotopic (exact) mass is 495 g/mol. The number of nitrogens with zero attached hydrogens (tertiary/aromatic N) is 1. The molecule has 0 radical (unpaired) electrons. The Bertz CT molecular complexity index is 1250. The lowest BCUT2D eigenvalue weighted by Crippen LogP contribution is -2.33. The molecule has 4 rings (SSSR count). The minimum Gasteiger partial charge on any atom is -0.485 e. The minimum atomic E-state index is 0.441. The molecule has 0 amide bonds. The van der Waals surface area contributed by atoms with Crippen molar-refractivity contribution in [1.29, 1.82) is 0 Å². The largest absolute Gasteiger partial charge is 0.485 e. The number of nitrogens with one attached hydrogen (secondary N) is 2. The number of hydrazone groups is 1. The van der Waals surface area contributed by atoms with Crippen LogP contribution in [0, 0.1) is 0 Å². The molecule has 0 spiro atoms. The first-order valence-electron chi connectivity index (χ1n) is 11.8. The highest BCUT2D eigenvalue weighted by atomic mass is 32.1. The summed E-state index contributed by atoms with van der Waals surface area (Å²) < 4.78 is 12.2. The number of hydrogen-bond donors (Lipinski definition) is 2. The normalized spacial score (nSPS) is 10.7. The van der Waals surface area contributed by atoms with Crippen molar-refractivity contribution in [3.05, 3.63) is 131 Å². The number of hydrogen-bond acceptors (Lipinski definition) is 4. The molecule has 36 heavy (non-hydrogen) atoms. The molecule has 182 valence electrons. The molecule has 0 saturated heterocycles. The van der Waals surface area contributed by atoms with Gasteiger partial charge in [-0.05, 0) is 59.1 Å². The average Bonchev–Trinajstić information content (AvgIpc) is 2.93. The van der Waals surface area contributed by atoms with E-state index < -0.39 is 0 Å². The number of thiocarbonyl (C=S) groups is 1. The van der Waals surface area contributed by atoms with Gasteiger partial charge in [-0.1, -0.05) is 91.0 Å². The topological polar surface area (TPSA) is 54.9 Å². The SMILES string of the molecule is S=C(NCCc1ccccc1)NN=Cc1ccc(OCc2ccccc2)c(OCc2ccccc2)c1. The van der Waals surface area contributed by atoms with Crippen LogP contribution in [0.3, 0.4) is 0 Å². The quantitative estimate of drug-likeness (QED) is 0.154. The second-order valence-corrected chi connectivity index (χ2v) is 8.52. The van der Waals surface area contributed by atoms with Crippen molar-refractivity contribution in [1.82, 2.24) is 10.7 Å². The molecule has 6 heteroatoms. The zero-order chi connectivity index (χ0) is 24.8. The Labute approximate surface area is 217 Å². The zero-order valence-corrected chi connectivity index (χ0v) is 20.8. The van der Waals surface area contributed by atoms with Crippen molar-refractivity contribution < 1.29 is 9.47 Å². The summed E-state index contributed by atoms with van der Waals surface area (Å²) in [5, 5.41) is 7.92. The number of benzene rings is 4. The summed E-state index contributed by atoms with van der Waals surface area (Å²) in [6, 6.07) is 36.1. The van der Waals surface area contributed by atoms with Gasteiger partial charge in [-0.15, -0.1) is 0 Å². The molecule has 5 nitrogen and oxygen atoms in total. The first-order valence-corrected chi connectivity index (χ1v) is 12.3. The summed E-state index contributed by atoms with van der Waals surface area (Å²) in [4.78, 5) is 0. The summed E-state index contributed by atoms with van der Waals surface area (Å²) in [5.74, 6) is 1.33. The molecule has 0 aliphatic rings. The smallest absolute Gasteiger partial charge is 0.186 e. The first kappa shape index (κ1) is 24.9. The van der Waals surface area contributed by atoms with E-state index in [9.17, 15) is 0 Å². The van der Waals surface area contributed by atoms with E-state index in [1.807, 2.05) is 97.1 Å². The van der Waals surface area contributed by atoms with E-state index in [0.717, 1.165) is 29.7 Å². The third-order valence-corrected chi connectivity index (χ3v) is 5.60. The minimum absolute atomic E-state index is 0.441. The van der Waals surface area contributed by atoms with E-state index in [1.165, 1.54) is 5.56 Å². The average molecular weight is 496 g/mol. The fourth-order valence-electron chi connectivity index (χ4n) is 3.48. The summed E-state index contributed by atoms with van der Waals surface area (Å²) in [6.45, 7) is 1.63. The van der Waals surface area contributed by atoms with E-state index in [-0.39, 0.29) is 0 Å². The van der Waals surface area contributed by atoms with Crippen molar-refractivity contribution in [3.8, 4) is 11.5 Å². The Hall–Kier alpha value is -4.16. The summed E-state index contributed by atoms with van der Waals surface area (Å²) in [5.41, 5.74) is 7.17. The molecular weight excluding hydrogens is 466 g/mol. The van der Waals surface area contributed by atoms with Gasteiger partial charge in [0.25, 0.3) is 0 Å². The number of ether oxygens (including phenoxy) is 2. The standard InChI is InChI=1S/C30H29N3O2S/c36-30(31-19-18-24-10-4-1-5-11-24)33-32-21-27-16-17-28(34-22-25-12-6-2-7-13-25)29(20-27)35-23-26-14-8-3-9-15-26/h1-17,20-21H,18-19,22-23H2,(H2,31,33,36). The van der Waals surface area contributed by atoms with Gasteiger partial charge in [-0.3, -0.25) is 5.43 Å². The van der Waals surface area contributed by atoms with E-state index in [1.54, 1.807) is 6.21 Å². The molecule has 0 atom stereocenters. The van der Waals surface area contributed by atoms with Crippen molar-refractivity contribution in [2.75, 3.05) is 6.54 Å². The molecule has 4 aromatic rings. The maximum atomic E-state index is 6.13. The van der Waals surface area contributed by atoms with Crippen molar-refractivity contribution in [2.45, 2.75) is 19.6 Å². The van der Waals surface area contributed by atoms with Crippen LogP contribution in [0.25, 0.3) is 0 Å². The maximum Gasteiger partial charge on any atom is 0.186 e. The van der Waals surface area contributed by atoms with Crippen LogP contribution in [-0.2, 0) is 19.6 Å². The molecule has 0 saturated carbocycles. The van der Waals surface area contributed by atoms with Gasteiger partial charge < -0.3 is 14.8 Å². The predicted molar refractivity (Wildman–Crippen MR) is 149 cm³/mol. The van der Waals surface area contributed by atoms with Crippen LogP contribution >= 0.6 is 12.2 Å². The maximum absolute atomic E-state index is 6.13. The molecule has 4 aromatic carbocycles. The summed E-state index contributed by atoms with van der Waals surface area (Å²) in [6.07, 6.45) is 2.60. The van der Waals surface area contributed by atoms with Gasteiger partial charge in [-0.2, -0.15) is 5.10 Å². The Morgan fingerprint density at radius 1 is 0.694 bits per heavy atom. The van der Waals surface area contributed by atoms with E-state index in [2.05, 4.69) is 28.0 Å². The lowest BCUT2D eigenvalue weighted by molar-refractivity contribution is 0.256. The second-order valence-electron chi connectivity index (χ2n) is 8.12. The Morgan fingerprint density at radius 3 is 1.86 bits per heavy atom. The van der Waals surface area contributed by atoms with Gasteiger partial charge in [-0.25, -0.2) is 0 Å². The summed E-state index contributed by atoms with van der Waals surface area (Å²) in [7, 11) is 0. The predicted octanol–water partition coefficient (Wildman–Crippen LogP) is 5.89. The van der Waals surface area contributed by atoms with Gasteiger partial charge in [0.1, 0.15) is 13.2 Å². The zero-order valence-electron chi connectivity index (χ0n) is 20.0. The van der Waals surface area contributed by atoms with E-state index in [4.69, 9.17) is 21.7 Å². The van der Waals surface area contributed by atoms with Crippen LogP contribution in [0.5, 0.6) is 11.5 Å². The molecule has 0 aliphatic heterocycles. The van der Waals surface area contributed by atoms with Crippen LogP contribution in [0.1, 0.15) is 22.3 Å². The third-order valence-electron chi connectivity index (χ3n) is 5.36. The fourth-order valence-corrected chi connectivity index (χ4v) is 3.63. The van der Waals surface area contributed by atoms with Crippen LogP contribution in [0.4, 0.5) is 0 Å². The van der Waals surface area contributed by atoms with Crippen molar-refractivity contribution in [2.24, 2.45) is 5.10 Å². The first-order chi connectivity index (χ1) is 17.8. The second kappa shape index (κ2) is 13.7. The number of rotatable bonds is 11. The van der Waals surface area contributed by atoms with Gasteiger partial charge in [0, 0.05) is 6.54 Å². The molecular formula is C30H29N3O2S. The van der Waals surface area contributed by atoms with Crippen LogP contribution in [0.2, 0.25) is 0 Å². The van der Waals surface area contributed by atoms with Crippen molar-refractivity contribution >= 4 is 23.5 Å². The highest BCUT2D eigenvalue weighted by Crippen LogP contribution is 2.29. The molecule has 0 fully saturated rings. The molecule has 0 aliphatic carbocycles. The van der Waals surface area contributed by atoms with Gasteiger partial charge >= 0.3 is 0 Å². The van der Waals surface area contributed by atoms with Crippen LogP contribution < -0.4 is 20.2 Å². The van der Waals surface area contributed by atoms with E-state index in [0.29, 0.717) is 29.8 Å². The van der Waals surface area contributed by atoms with Crippen molar-refractivity contribution in [3.63, 3.8) is 0 Å². The third kappa shape index (κ3) is 8.25. The Morgan fingerprint density at radius 2 is 1.25 bits per heavy atom. The van der Waals surface area contributed by atoms with Crippen LogP contribution in [0.15, 0.2) is 114 Å². The molecule has 0 heterocycles. The Balaban J connectivity index is 1.35. The summed E-state index contributed by atoms with van der Waals surface area (Å²) >= 11 is 5.33. The Kier molecular flexibility index (Phi) is 9.47. The van der Waals surface area contributed by atoms with Crippen LogP contribution in [-0.4, -0.2) is 17.9 Å². The molecule has 0 bridgehead atoms.